The molecule has 3 aromatic rings. The van der Waals surface area contributed by atoms with Crippen LogP contribution in [-0.2, 0) is 9.53 Å². The van der Waals surface area contributed by atoms with Crippen molar-refractivity contribution in [2.24, 2.45) is 0 Å². The van der Waals surface area contributed by atoms with Crippen molar-refractivity contribution in [2.75, 3.05) is 38.9 Å². The number of benzene rings is 1. The van der Waals surface area contributed by atoms with Gasteiger partial charge in [-0.25, -0.2) is 4.79 Å². The standard InChI is InChI=1S/C21H24N6O5S2/c1-6-32-20(30)16-12(2)17(19(29)26(3)4)34-18(16)22-15(28)11-33-21-23-24-25-27(21)13-7-9-14(31-5)10-8-13/h7-10H,6,11H2,1-5H3,(H,22,28). The number of hydrogen-bond donors (Lipinski definition) is 1. The van der Waals surface area contributed by atoms with Gasteiger partial charge < -0.3 is 19.7 Å². The minimum atomic E-state index is -0.597. The van der Waals surface area contributed by atoms with Crippen LogP contribution in [0.25, 0.3) is 5.69 Å². The number of amides is 2. The first-order valence-corrected chi connectivity index (χ1v) is 11.9. The van der Waals surface area contributed by atoms with E-state index in [1.165, 1.54) is 9.58 Å². The molecule has 0 bridgehead atoms. The highest BCUT2D eigenvalue weighted by Crippen LogP contribution is 2.34. The topological polar surface area (TPSA) is 129 Å². The van der Waals surface area contributed by atoms with E-state index < -0.39 is 5.97 Å². The molecule has 13 heteroatoms. The molecule has 3 rings (SSSR count). The van der Waals surface area contributed by atoms with Gasteiger partial charge in [0.1, 0.15) is 10.8 Å². The van der Waals surface area contributed by atoms with Gasteiger partial charge in [0.15, 0.2) is 0 Å². The molecule has 180 valence electrons. The molecule has 0 aliphatic heterocycles. The number of tetrazole rings is 1. The van der Waals surface area contributed by atoms with Crippen molar-refractivity contribution in [3.05, 3.63) is 40.3 Å². The van der Waals surface area contributed by atoms with Crippen molar-refractivity contribution >= 4 is 45.9 Å². The number of hydrogen-bond acceptors (Lipinski definition) is 10. The SMILES string of the molecule is CCOC(=O)c1c(NC(=O)CSc2nnnn2-c2ccc(OC)cc2)sc(C(=O)N(C)C)c1C. The second-order valence-corrected chi connectivity index (χ2v) is 9.05. The fourth-order valence-electron chi connectivity index (χ4n) is 2.90. The maximum absolute atomic E-state index is 12.7. The number of carbonyl (C=O) groups excluding carboxylic acids is 3. The Kier molecular flexibility index (Phi) is 8.23. The summed E-state index contributed by atoms with van der Waals surface area (Å²) in [5.74, 6) is -0.569. The third-order valence-corrected chi connectivity index (χ3v) is 6.68. The molecule has 0 saturated carbocycles. The average Bonchev–Trinajstić information content (AvgIpc) is 3.41. The van der Waals surface area contributed by atoms with Crippen molar-refractivity contribution < 1.29 is 23.9 Å². The molecule has 0 unspecified atom stereocenters. The number of methoxy groups -OCH3 is 1. The number of carbonyl (C=O) groups is 3. The Labute approximate surface area is 204 Å². The predicted octanol–water partition coefficient (Wildman–Crippen LogP) is 2.65. The molecule has 0 atom stereocenters. The second kappa shape index (κ2) is 11.1. The summed E-state index contributed by atoms with van der Waals surface area (Å²) in [6, 6.07) is 7.15. The fraction of sp³-hybridized carbons (Fsp3) is 0.333. The Bertz CT molecular complexity index is 1190. The van der Waals surface area contributed by atoms with E-state index in [1.54, 1.807) is 59.3 Å². The molecule has 2 amide bonds. The molecule has 2 heterocycles. The molecule has 2 aromatic heterocycles. The summed E-state index contributed by atoms with van der Waals surface area (Å²) in [4.78, 5) is 39.6. The first-order valence-electron chi connectivity index (χ1n) is 10.1. The van der Waals surface area contributed by atoms with Crippen LogP contribution in [0.5, 0.6) is 5.75 Å². The first kappa shape index (κ1) is 25.2. The second-order valence-electron chi connectivity index (χ2n) is 7.09. The normalized spacial score (nSPS) is 10.6. The van der Waals surface area contributed by atoms with Gasteiger partial charge in [-0.2, -0.15) is 4.68 Å². The van der Waals surface area contributed by atoms with Crippen LogP contribution in [0, 0.1) is 6.92 Å². The molecule has 0 aliphatic rings. The van der Waals surface area contributed by atoms with E-state index >= 15 is 0 Å². The zero-order valence-corrected chi connectivity index (χ0v) is 21.0. The van der Waals surface area contributed by atoms with E-state index in [2.05, 4.69) is 20.8 Å². The van der Waals surface area contributed by atoms with E-state index in [0.29, 0.717) is 27.0 Å². The minimum Gasteiger partial charge on any atom is -0.497 e. The molecular formula is C21H24N6O5S2. The summed E-state index contributed by atoms with van der Waals surface area (Å²) in [7, 11) is 4.81. The first-order chi connectivity index (χ1) is 16.3. The van der Waals surface area contributed by atoms with Crippen molar-refractivity contribution in [3.63, 3.8) is 0 Å². The molecule has 0 spiro atoms. The number of nitrogens with zero attached hydrogens (tertiary/aromatic N) is 5. The van der Waals surface area contributed by atoms with Gasteiger partial charge >= 0.3 is 5.97 Å². The Hall–Kier alpha value is -3.45. The Balaban J connectivity index is 1.76. The van der Waals surface area contributed by atoms with Crippen molar-refractivity contribution in [1.29, 1.82) is 0 Å². The van der Waals surface area contributed by atoms with Gasteiger partial charge in [0.05, 0.1) is 35.6 Å². The summed E-state index contributed by atoms with van der Waals surface area (Å²) in [6.45, 7) is 3.52. The van der Waals surface area contributed by atoms with Crippen LogP contribution in [0.2, 0.25) is 0 Å². The lowest BCUT2D eigenvalue weighted by molar-refractivity contribution is -0.113. The highest BCUT2D eigenvalue weighted by atomic mass is 32.2. The number of esters is 1. The minimum absolute atomic E-state index is 0.0211. The van der Waals surface area contributed by atoms with Gasteiger partial charge in [0.25, 0.3) is 5.91 Å². The Morgan fingerprint density at radius 2 is 1.91 bits per heavy atom. The molecule has 11 nitrogen and oxygen atoms in total. The number of thiophene rings is 1. The summed E-state index contributed by atoms with van der Waals surface area (Å²) in [6.07, 6.45) is 0. The largest absolute Gasteiger partial charge is 0.497 e. The van der Waals surface area contributed by atoms with Crippen LogP contribution in [0.4, 0.5) is 5.00 Å². The maximum Gasteiger partial charge on any atom is 0.341 e. The fourth-order valence-corrected chi connectivity index (χ4v) is 4.83. The van der Waals surface area contributed by atoms with Crippen molar-refractivity contribution in [3.8, 4) is 11.4 Å². The molecule has 0 saturated heterocycles. The Morgan fingerprint density at radius 1 is 1.21 bits per heavy atom. The molecule has 34 heavy (non-hydrogen) atoms. The van der Waals surface area contributed by atoms with E-state index in [1.807, 2.05) is 0 Å². The maximum atomic E-state index is 12.7. The van der Waals surface area contributed by atoms with Crippen LogP contribution in [-0.4, -0.2) is 76.5 Å². The lowest BCUT2D eigenvalue weighted by Gasteiger charge is -2.09. The molecule has 0 aliphatic carbocycles. The molecule has 0 fully saturated rings. The van der Waals surface area contributed by atoms with E-state index in [4.69, 9.17) is 9.47 Å². The van der Waals surface area contributed by atoms with Crippen LogP contribution >= 0.6 is 23.1 Å². The number of thioether (sulfide) groups is 1. The van der Waals surface area contributed by atoms with E-state index in [-0.39, 0.29) is 34.7 Å². The molecule has 1 N–H and O–H groups in total. The molecule has 1 aromatic carbocycles. The monoisotopic (exact) mass is 504 g/mol. The van der Waals surface area contributed by atoms with Crippen LogP contribution in [0.15, 0.2) is 29.4 Å². The highest BCUT2D eigenvalue weighted by molar-refractivity contribution is 7.99. The van der Waals surface area contributed by atoms with Gasteiger partial charge in [-0.1, -0.05) is 11.8 Å². The number of anilines is 1. The summed E-state index contributed by atoms with van der Waals surface area (Å²) >= 11 is 2.17. The Morgan fingerprint density at radius 3 is 2.53 bits per heavy atom. The number of rotatable bonds is 9. The average molecular weight is 505 g/mol. The van der Waals surface area contributed by atoms with Crippen molar-refractivity contribution in [1.82, 2.24) is 25.1 Å². The zero-order chi connectivity index (χ0) is 24.8. The highest BCUT2D eigenvalue weighted by Gasteiger charge is 2.27. The third kappa shape index (κ3) is 5.54. The summed E-state index contributed by atoms with van der Waals surface area (Å²) in [5, 5.41) is 15.1. The third-order valence-electron chi connectivity index (χ3n) is 4.57. The lowest BCUT2D eigenvalue weighted by Crippen LogP contribution is -2.21. The molecule has 0 radical (unpaired) electrons. The van der Waals surface area contributed by atoms with Gasteiger partial charge in [-0.05, 0) is 54.1 Å². The van der Waals surface area contributed by atoms with Crippen molar-refractivity contribution in [2.45, 2.75) is 19.0 Å². The summed E-state index contributed by atoms with van der Waals surface area (Å²) < 4.78 is 11.8. The van der Waals surface area contributed by atoms with Gasteiger partial charge in [0, 0.05) is 14.1 Å². The van der Waals surface area contributed by atoms with Crippen LogP contribution in [0.3, 0.4) is 0 Å². The van der Waals surface area contributed by atoms with E-state index in [0.717, 1.165) is 23.1 Å². The number of aromatic nitrogens is 4. The quantitative estimate of drug-likeness (QED) is 0.345. The smallest absolute Gasteiger partial charge is 0.341 e. The molecular weight excluding hydrogens is 480 g/mol. The predicted molar refractivity (Wildman–Crippen MR) is 128 cm³/mol. The van der Waals surface area contributed by atoms with Gasteiger partial charge in [-0.15, -0.1) is 16.4 Å². The zero-order valence-electron chi connectivity index (χ0n) is 19.3. The van der Waals surface area contributed by atoms with Crippen LogP contribution in [0.1, 0.15) is 32.5 Å². The van der Waals surface area contributed by atoms with E-state index in [9.17, 15) is 14.4 Å². The van der Waals surface area contributed by atoms with Gasteiger partial charge in [-0.3, -0.25) is 9.59 Å². The van der Waals surface area contributed by atoms with Crippen LogP contribution < -0.4 is 10.1 Å². The number of ether oxygens (including phenoxy) is 2. The van der Waals surface area contributed by atoms with Gasteiger partial charge in [0.2, 0.25) is 11.1 Å². The number of nitrogens with one attached hydrogen (secondary N) is 1. The summed E-state index contributed by atoms with van der Waals surface area (Å²) in [5.41, 5.74) is 1.35. The lowest BCUT2D eigenvalue weighted by atomic mass is 10.1.